The highest BCUT2D eigenvalue weighted by Gasteiger charge is 2.11. The first-order valence-electron chi connectivity index (χ1n) is 7.16. The highest BCUT2D eigenvalue weighted by molar-refractivity contribution is 9.10. The second-order valence-electron chi connectivity index (χ2n) is 4.96. The van der Waals surface area contributed by atoms with E-state index in [9.17, 15) is 9.59 Å². The van der Waals surface area contributed by atoms with Crippen LogP contribution in [0.25, 0.3) is 0 Å². The molecule has 0 bridgehead atoms. The van der Waals surface area contributed by atoms with Crippen LogP contribution >= 0.6 is 27.5 Å². The van der Waals surface area contributed by atoms with Gasteiger partial charge in [-0.15, -0.1) is 0 Å². The number of hydrogen-bond acceptors (Lipinski definition) is 2. The number of rotatable bonds is 5. The number of benzene rings is 2. The van der Waals surface area contributed by atoms with E-state index in [1.807, 2.05) is 6.92 Å². The summed E-state index contributed by atoms with van der Waals surface area (Å²) in [5, 5.41) is 5.93. The van der Waals surface area contributed by atoms with Gasteiger partial charge in [-0.1, -0.05) is 40.5 Å². The highest BCUT2D eigenvalue weighted by atomic mass is 79.9. The SMILES string of the molecule is CCCC(=O)Nc1cccc(NC(=O)c2ccc(Br)cc2Cl)c1. The summed E-state index contributed by atoms with van der Waals surface area (Å²) in [6.07, 6.45) is 1.25. The predicted molar refractivity (Wildman–Crippen MR) is 97.1 cm³/mol. The minimum Gasteiger partial charge on any atom is -0.326 e. The van der Waals surface area contributed by atoms with Gasteiger partial charge in [0.05, 0.1) is 10.6 Å². The molecule has 6 heteroatoms. The molecule has 0 aliphatic heterocycles. The normalized spacial score (nSPS) is 10.2. The first-order chi connectivity index (χ1) is 11.0. The maximum absolute atomic E-state index is 12.3. The fourth-order valence-electron chi connectivity index (χ4n) is 2.00. The first kappa shape index (κ1) is 17.5. The molecule has 0 unspecified atom stereocenters. The summed E-state index contributed by atoms with van der Waals surface area (Å²) in [6, 6.07) is 12.1. The summed E-state index contributed by atoms with van der Waals surface area (Å²) >= 11 is 9.38. The fourth-order valence-corrected chi connectivity index (χ4v) is 2.76. The average Bonchev–Trinajstić information content (AvgIpc) is 2.47. The molecule has 0 saturated carbocycles. The van der Waals surface area contributed by atoms with Crippen LogP contribution in [-0.4, -0.2) is 11.8 Å². The van der Waals surface area contributed by atoms with E-state index in [-0.39, 0.29) is 11.8 Å². The molecule has 4 nitrogen and oxygen atoms in total. The summed E-state index contributed by atoms with van der Waals surface area (Å²) in [6.45, 7) is 1.94. The molecule has 0 aromatic heterocycles. The zero-order valence-corrected chi connectivity index (χ0v) is 14.9. The molecule has 0 aliphatic carbocycles. The highest BCUT2D eigenvalue weighted by Crippen LogP contribution is 2.23. The van der Waals surface area contributed by atoms with E-state index in [1.165, 1.54) is 0 Å². The molecule has 0 heterocycles. The van der Waals surface area contributed by atoms with Gasteiger partial charge < -0.3 is 10.6 Å². The van der Waals surface area contributed by atoms with Crippen molar-refractivity contribution in [2.45, 2.75) is 19.8 Å². The third kappa shape index (κ3) is 5.08. The molecule has 2 aromatic carbocycles. The zero-order valence-electron chi connectivity index (χ0n) is 12.5. The van der Waals surface area contributed by atoms with Gasteiger partial charge in [0.2, 0.25) is 5.91 Å². The Kier molecular flexibility index (Phi) is 6.19. The number of hydrogen-bond donors (Lipinski definition) is 2. The smallest absolute Gasteiger partial charge is 0.257 e. The summed E-state index contributed by atoms with van der Waals surface area (Å²) in [5.74, 6) is -0.355. The van der Waals surface area contributed by atoms with Crippen molar-refractivity contribution in [2.24, 2.45) is 0 Å². The van der Waals surface area contributed by atoms with Crippen molar-refractivity contribution in [1.82, 2.24) is 0 Å². The van der Waals surface area contributed by atoms with Crippen LogP contribution in [0.5, 0.6) is 0 Å². The minimum atomic E-state index is -0.306. The standard InChI is InChI=1S/C17H16BrClN2O2/c1-2-4-16(22)20-12-5-3-6-13(10-12)21-17(23)14-8-7-11(18)9-15(14)19/h3,5-10H,2,4H2,1H3,(H,20,22)(H,21,23). The first-order valence-corrected chi connectivity index (χ1v) is 8.33. The topological polar surface area (TPSA) is 58.2 Å². The average molecular weight is 396 g/mol. The van der Waals surface area contributed by atoms with Crippen LogP contribution < -0.4 is 10.6 Å². The maximum atomic E-state index is 12.3. The van der Waals surface area contributed by atoms with Crippen molar-refractivity contribution in [1.29, 1.82) is 0 Å². The van der Waals surface area contributed by atoms with Gasteiger partial charge in [-0.05, 0) is 42.8 Å². The van der Waals surface area contributed by atoms with Gasteiger partial charge in [0.25, 0.3) is 5.91 Å². The van der Waals surface area contributed by atoms with E-state index in [4.69, 9.17) is 11.6 Å². The monoisotopic (exact) mass is 394 g/mol. The van der Waals surface area contributed by atoms with Crippen LogP contribution in [0, 0.1) is 0 Å². The maximum Gasteiger partial charge on any atom is 0.257 e. The van der Waals surface area contributed by atoms with Gasteiger partial charge in [0, 0.05) is 22.3 Å². The number of carbonyl (C=O) groups is 2. The van der Waals surface area contributed by atoms with Gasteiger partial charge >= 0.3 is 0 Å². The molecule has 2 N–H and O–H groups in total. The number of nitrogens with one attached hydrogen (secondary N) is 2. The molecule has 120 valence electrons. The Balaban J connectivity index is 2.10. The predicted octanol–water partition coefficient (Wildman–Crippen LogP) is 5.09. The van der Waals surface area contributed by atoms with E-state index in [2.05, 4.69) is 26.6 Å². The van der Waals surface area contributed by atoms with Crippen LogP contribution in [0.2, 0.25) is 5.02 Å². The van der Waals surface area contributed by atoms with Crippen molar-refractivity contribution < 1.29 is 9.59 Å². The molecule has 0 atom stereocenters. The van der Waals surface area contributed by atoms with E-state index < -0.39 is 0 Å². The largest absolute Gasteiger partial charge is 0.326 e. The quantitative estimate of drug-likeness (QED) is 0.740. The third-order valence-corrected chi connectivity index (χ3v) is 3.86. The molecule has 2 aromatic rings. The van der Waals surface area contributed by atoms with Crippen LogP contribution in [0.1, 0.15) is 30.1 Å². The molecule has 2 rings (SSSR count). The second-order valence-corrected chi connectivity index (χ2v) is 6.28. The molecule has 0 aliphatic rings. The number of carbonyl (C=O) groups excluding carboxylic acids is 2. The van der Waals surface area contributed by atoms with Gasteiger partial charge in [-0.3, -0.25) is 9.59 Å². The van der Waals surface area contributed by atoms with Crippen LogP contribution in [0.3, 0.4) is 0 Å². The lowest BCUT2D eigenvalue weighted by atomic mass is 10.2. The molecule has 23 heavy (non-hydrogen) atoms. The molecule has 0 spiro atoms. The van der Waals surface area contributed by atoms with Crippen molar-refractivity contribution >= 4 is 50.7 Å². The Morgan fingerprint density at radius 3 is 2.43 bits per heavy atom. The summed E-state index contributed by atoms with van der Waals surface area (Å²) in [4.78, 5) is 23.9. The molecular formula is C17H16BrClN2O2. The molecule has 0 fully saturated rings. The van der Waals surface area contributed by atoms with E-state index in [1.54, 1.807) is 42.5 Å². The Hall–Kier alpha value is -1.85. The number of halogens is 2. The Morgan fingerprint density at radius 1 is 1.09 bits per heavy atom. The molecule has 0 radical (unpaired) electrons. The lowest BCUT2D eigenvalue weighted by molar-refractivity contribution is -0.116. The third-order valence-electron chi connectivity index (χ3n) is 3.06. The lowest BCUT2D eigenvalue weighted by Crippen LogP contribution is -2.14. The second kappa shape index (κ2) is 8.13. The van der Waals surface area contributed by atoms with Crippen molar-refractivity contribution in [3.05, 3.63) is 57.5 Å². The van der Waals surface area contributed by atoms with Gasteiger partial charge in [-0.2, -0.15) is 0 Å². The lowest BCUT2D eigenvalue weighted by Gasteiger charge is -2.09. The minimum absolute atomic E-state index is 0.0491. The molecular weight excluding hydrogens is 380 g/mol. The summed E-state index contributed by atoms with van der Waals surface area (Å²) in [5.41, 5.74) is 1.61. The fraction of sp³-hybridized carbons (Fsp3) is 0.176. The van der Waals surface area contributed by atoms with E-state index in [0.717, 1.165) is 10.9 Å². The number of amides is 2. The van der Waals surface area contributed by atoms with E-state index in [0.29, 0.717) is 28.4 Å². The van der Waals surface area contributed by atoms with Crippen LogP contribution in [-0.2, 0) is 4.79 Å². The Labute approximate surface area is 148 Å². The van der Waals surface area contributed by atoms with Gasteiger partial charge in [0.15, 0.2) is 0 Å². The summed E-state index contributed by atoms with van der Waals surface area (Å²) < 4.78 is 0.805. The van der Waals surface area contributed by atoms with E-state index >= 15 is 0 Å². The number of anilines is 2. The van der Waals surface area contributed by atoms with Gasteiger partial charge in [0.1, 0.15) is 0 Å². The summed E-state index contributed by atoms with van der Waals surface area (Å²) in [7, 11) is 0. The zero-order chi connectivity index (χ0) is 16.8. The molecule has 0 saturated heterocycles. The van der Waals surface area contributed by atoms with Gasteiger partial charge in [-0.25, -0.2) is 0 Å². The van der Waals surface area contributed by atoms with Crippen LogP contribution in [0.4, 0.5) is 11.4 Å². The molecule has 2 amide bonds. The Bertz CT molecular complexity index is 734. The Morgan fingerprint density at radius 2 is 1.78 bits per heavy atom. The van der Waals surface area contributed by atoms with Crippen molar-refractivity contribution in [3.63, 3.8) is 0 Å². The van der Waals surface area contributed by atoms with Crippen molar-refractivity contribution in [3.8, 4) is 0 Å². The van der Waals surface area contributed by atoms with Crippen LogP contribution in [0.15, 0.2) is 46.9 Å². The van der Waals surface area contributed by atoms with Crippen molar-refractivity contribution in [2.75, 3.05) is 10.6 Å².